The molecule has 0 amide bonds. The second-order valence-corrected chi connectivity index (χ2v) is 11.5. The maximum absolute atomic E-state index is 5.31. The van der Waals surface area contributed by atoms with E-state index in [9.17, 15) is 0 Å². The first-order valence-electron chi connectivity index (χ1n) is 15.9. The maximum atomic E-state index is 5.31. The van der Waals surface area contributed by atoms with Crippen molar-refractivity contribution in [2.45, 2.75) is 0 Å². The van der Waals surface area contributed by atoms with Gasteiger partial charge in [-0.25, -0.2) is 0 Å². The van der Waals surface area contributed by atoms with E-state index in [0.717, 1.165) is 34.2 Å². The minimum absolute atomic E-state index is 0.855. The first kappa shape index (κ1) is 29.6. The van der Waals surface area contributed by atoms with Crippen LogP contribution in [0.2, 0.25) is 0 Å². The summed E-state index contributed by atoms with van der Waals surface area (Å²) in [5, 5.41) is 0. The largest absolute Gasteiger partial charge is 0.497 e. The predicted molar refractivity (Wildman–Crippen MR) is 198 cm³/mol. The molecule has 228 valence electrons. The van der Waals surface area contributed by atoms with Crippen molar-refractivity contribution < 1.29 is 4.74 Å². The molecule has 0 aliphatic heterocycles. The summed E-state index contributed by atoms with van der Waals surface area (Å²) in [4.78, 5) is 4.50. The Labute approximate surface area is 277 Å². The van der Waals surface area contributed by atoms with E-state index in [1.807, 2.05) is 12.1 Å². The minimum atomic E-state index is 0.855. The van der Waals surface area contributed by atoms with Gasteiger partial charge < -0.3 is 14.5 Å². The molecule has 0 saturated heterocycles. The van der Waals surface area contributed by atoms with Gasteiger partial charge in [0.1, 0.15) is 5.75 Å². The third kappa shape index (κ3) is 6.51. The molecule has 7 aromatic carbocycles. The zero-order chi connectivity index (χ0) is 32.0. The Morgan fingerprint density at radius 1 is 0.319 bits per heavy atom. The van der Waals surface area contributed by atoms with E-state index in [2.05, 4.69) is 187 Å². The summed E-state index contributed by atoms with van der Waals surface area (Å²) in [5.74, 6) is 0.855. The number of ether oxygens (including phenoxy) is 1. The van der Waals surface area contributed by atoms with Crippen LogP contribution in [0.4, 0.5) is 28.4 Å². The highest BCUT2D eigenvalue weighted by molar-refractivity contribution is 5.81. The van der Waals surface area contributed by atoms with E-state index >= 15 is 0 Å². The summed E-state index contributed by atoms with van der Waals surface area (Å²) >= 11 is 0. The zero-order valence-corrected chi connectivity index (χ0v) is 26.6. The average molecular weight is 609 g/mol. The predicted octanol–water partition coefficient (Wildman–Crippen LogP) is 11.9. The van der Waals surface area contributed by atoms with Crippen LogP contribution in [-0.2, 0) is 0 Å². The SMILES string of the molecule is COc1ccc(N(C)c2ccc(-c3ccc(N(c4ccc(-c5ccccc5)cc4)c4ccc(-c5ccccc5)cc4)cc3)cc2)cc1. The van der Waals surface area contributed by atoms with Gasteiger partial charge in [0, 0.05) is 35.5 Å². The van der Waals surface area contributed by atoms with Crippen molar-refractivity contribution in [1.29, 1.82) is 0 Å². The molecule has 0 saturated carbocycles. The molecule has 0 aliphatic rings. The number of nitrogens with zero attached hydrogens (tertiary/aromatic N) is 2. The van der Waals surface area contributed by atoms with Gasteiger partial charge in [0.15, 0.2) is 0 Å². The van der Waals surface area contributed by atoms with Crippen LogP contribution in [0.1, 0.15) is 0 Å². The topological polar surface area (TPSA) is 15.7 Å². The van der Waals surface area contributed by atoms with Gasteiger partial charge >= 0.3 is 0 Å². The number of benzene rings is 7. The lowest BCUT2D eigenvalue weighted by Gasteiger charge is -2.26. The Kier molecular flexibility index (Phi) is 8.52. The van der Waals surface area contributed by atoms with E-state index in [-0.39, 0.29) is 0 Å². The molecule has 0 bridgehead atoms. The van der Waals surface area contributed by atoms with E-state index in [4.69, 9.17) is 4.74 Å². The molecule has 0 spiro atoms. The lowest BCUT2D eigenvalue weighted by atomic mass is 10.0. The second-order valence-electron chi connectivity index (χ2n) is 11.5. The molecular weight excluding hydrogens is 572 g/mol. The molecule has 0 aromatic heterocycles. The van der Waals surface area contributed by atoms with Crippen LogP contribution in [0.25, 0.3) is 33.4 Å². The Hall–Kier alpha value is -6.06. The van der Waals surface area contributed by atoms with E-state index in [1.165, 1.54) is 33.4 Å². The highest BCUT2D eigenvalue weighted by Gasteiger charge is 2.14. The van der Waals surface area contributed by atoms with Gasteiger partial charge in [-0.15, -0.1) is 0 Å². The number of hydrogen-bond acceptors (Lipinski definition) is 3. The summed E-state index contributed by atoms with van der Waals surface area (Å²) < 4.78 is 5.31. The Morgan fingerprint density at radius 2 is 0.596 bits per heavy atom. The first-order valence-corrected chi connectivity index (χ1v) is 15.9. The van der Waals surface area contributed by atoms with Crippen molar-refractivity contribution in [3.8, 4) is 39.1 Å². The molecule has 0 heterocycles. The highest BCUT2D eigenvalue weighted by Crippen LogP contribution is 2.38. The van der Waals surface area contributed by atoms with Crippen LogP contribution >= 0.6 is 0 Å². The van der Waals surface area contributed by atoms with Gasteiger partial charge in [-0.3, -0.25) is 0 Å². The van der Waals surface area contributed by atoms with Crippen LogP contribution in [-0.4, -0.2) is 14.2 Å². The molecule has 0 atom stereocenters. The number of rotatable bonds is 9. The first-order chi connectivity index (χ1) is 23.2. The maximum Gasteiger partial charge on any atom is 0.119 e. The van der Waals surface area contributed by atoms with Gasteiger partial charge in [-0.2, -0.15) is 0 Å². The summed E-state index contributed by atoms with van der Waals surface area (Å²) in [7, 11) is 3.77. The number of hydrogen-bond donors (Lipinski definition) is 0. The lowest BCUT2D eigenvalue weighted by Crippen LogP contribution is -2.10. The molecule has 3 nitrogen and oxygen atoms in total. The van der Waals surface area contributed by atoms with Gasteiger partial charge in [-0.05, 0) is 106 Å². The van der Waals surface area contributed by atoms with Crippen LogP contribution in [0, 0.1) is 0 Å². The molecule has 47 heavy (non-hydrogen) atoms. The molecule has 3 heteroatoms. The Balaban J connectivity index is 1.17. The van der Waals surface area contributed by atoms with Crippen molar-refractivity contribution in [3.05, 3.63) is 182 Å². The molecule has 7 aromatic rings. The molecule has 0 aliphatic carbocycles. The van der Waals surface area contributed by atoms with Crippen molar-refractivity contribution in [2.75, 3.05) is 24.0 Å². The normalized spacial score (nSPS) is 10.8. The van der Waals surface area contributed by atoms with Crippen molar-refractivity contribution >= 4 is 28.4 Å². The standard InChI is InChI=1S/C44H36N2O/c1-45(40-29-31-44(47-2)32-30-40)39-21-13-37(14-22-39)38-19-27-43(28-20-38)46(41-23-15-35(16-24-41)33-9-5-3-6-10-33)42-25-17-36(18-26-42)34-11-7-4-8-12-34/h3-32H,1-2H3. The summed E-state index contributed by atoms with van der Waals surface area (Å²) in [5.41, 5.74) is 12.7. The smallest absolute Gasteiger partial charge is 0.119 e. The van der Waals surface area contributed by atoms with Gasteiger partial charge in [-0.1, -0.05) is 109 Å². The fourth-order valence-electron chi connectivity index (χ4n) is 5.95. The number of methoxy groups -OCH3 is 1. The highest BCUT2D eigenvalue weighted by atomic mass is 16.5. The van der Waals surface area contributed by atoms with Gasteiger partial charge in [0.05, 0.1) is 7.11 Å². The van der Waals surface area contributed by atoms with Crippen LogP contribution < -0.4 is 14.5 Å². The monoisotopic (exact) mass is 608 g/mol. The van der Waals surface area contributed by atoms with E-state index < -0.39 is 0 Å². The fraction of sp³-hybridized carbons (Fsp3) is 0.0455. The molecule has 7 rings (SSSR count). The molecular formula is C44H36N2O. The fourth-order valence-corrected chi connectivity index (χ4v) is 5.95. The van der Waals surface area contributed by atoms with E-state index in [1.54, 1.807) is 7.11 Å². The zero-order valence-electron chi connectivity index (χ0n) is 26.6. The minimum Gasteiger partial charge on any atom is -0.497 e. The molecule has 0 N–H and O–H groups in total. The van der Waals surface area contributed by atoms with Crippen molar-refractivity contribution in [3.63, 3.8) is 0 Å². The molecule has 0 fully saturated rings. The number of anilines is 5. The molecule has 0 radical (unpaired) electrons. The third-order valence-corrected chi connectivity index (χ3v) is 8.64. The van der Waals surface area contributed by atoms with Crippen LogP contribution in [0.3, 0.4) is 0 Å². The quantitative estimate of drug-likeness (QED) is 0.162. The van der Waals surface area contributed by atoms with Crippen LogP contribution in [0.15, 0.2) is 182 Å². The Morgan fingerprint density at radius 3 is 0.915 bits per heavy atom. The average Bonchev–Trinajstić information content (AvgIpc) is 3.16. The second kappa shape index (κ2) is 13.5. The van der Waals surface area contributed by atoms with Crippen molar-refractivity contribution in [1.82, 2.24) is 0 Å². The Bertz CT molecular complexity index is 1940. The van der Waals surface area contributed by atoms with Crippen molar-refractivity contribution in [2.24, 2.45) is 0 Å². The summed E-state index contributed by atoms with van der Waals surface area (Å²) in [6, 6.07) is 64.3. The lowest BCUT2D eigenvalue weighted by molar-refractivity contribution is 0.415. The van der Waals surface area contributed by atoms with Gasteiger partial charge in [0.2, 0.25) is 0 Å². The van der Waals surface area contributed by atoms with Gasteiger partial charge in [0.25, 0.3) is 0 Å². The van der Waals surface area contributed by atoms with E-state index in [0.29, 0.717) is 0 Å². The summed E-state index contributed by atoms with van der Waals surface area (Å²) in [6.45, 7) is 0. The summed E-state index contributed by atoms with van der Waals surface area (Å²) in [6.07, 6.45) is 0. The van der Waals surface area contributed by atoms with Crippen LogP contribution in [0.5, 0.6) is 5.75 Å². The third-order valence-electron chi connectivity index (χ3n) is 8.64. The molecule has 0 unspecified atom stereocenters.